The van der Waals surface area contributed by atoms with Gasteiger partial charge in [-0.25, -0.2) is 9.59 Å². The first-order chi connectivity index (χ1) is 15.3. The van der Waals surface area contributed by atoms with E-state index < -0.39 is 11.9 Å². The molecule has 8 heteroatoms. The van der Waals surface area contributed by atoms with Crippen LogP contribution in [0, 0.1) is 13.8 Å². The van der Waals surface area contributed by atoms with Gasteiger partial charge in [-0.05, 0) is 94.1 Å². The lowest BCUT2D eigenvalue weighted by molar-refractivity contribution is -0.136. The van der Waals surface area contributed by atoms with Crippen LogP contribution in [0.15, 0.2) is 46.2 Å². The van der Waals surface area contributed by atoms with Crippen LogP contribution in [0.2, 0.25) is 0 Å². The van der Waals surface area contributed by atoms with E-state index in [2.05, 4.69) is 0 Å². The predicted molar refractivity (Wildman–Crippen MR) is 131 cm³/mol. The van der Waals surface area contributed by atoms with E-state index in [9.17, 15) is 9.59 Å². The van der Waals surface area contributed by atoms with Gasteiger partial charge in [0.15, 0.2) is 0 Å². The largest absolute Gasteiger partial charge is 0.496 e. The Morgan fingerprint density at radius 3 is 1.34 bits per heavy atom. The Labute approximate surface area is 196 Å². The first-order valence-corrected chi connectivity index (χ1v) is 11.7. The van der Waals surface area contributed by atoms with E-state index in [1.54, 1.807) is 26.4 Å². The minimum absolute atomic E-state index is 0.336. The topological polar surface area (TPSA) is 71.1 Å². The summed E-state index contributed by atoms with van der Waals surface area (Å²) in [5, 5.41) is 0. The number of esters is 2. The molecule has 0 aliphatic carbocycles. The second-order valence-corrected chi connectivity index (χ2v) is 8.84. The van der Waals surface area contributed by atoms with Gasteiger partial charge in [0, 0.05) is 0 Å². The van der Waals surface area contributed by atoms with Crippen LogP contribution in [-0.4, -0.2) is 40.4 Å². The average molecular weight is 475 g/mol. The van der Waals surface area contributed by atoms with Crippen molar-refractivity contribution < 1.29 is 28.5 Å². The molecule has 0 N–H and O–H groups in total. The molecule has 0 aliphatic heterocycles. The van der Waals surface area contributed by atoms with Crippen molar-refractivity contribution in [2.75, 3.05) is 28.4 Å². The van der Waals surface area contributed by atoms with Gasteiger partial charge in [0.1, 0.15) is 21.3 Å². The summed E-state index contributed by atoms with van der Waals surface area (Å²) in [6.07, 6.45) is 3.42. The van der Waals surface area contributed by atoms with Crippen molar-refractivity contribution in [1.82, 2.24) is 0 Å². The van der Waals surface area contributed by atoms with E-state index in [0.717, 1.165) is 55.3 Å². The van der Waals surface area contributed by atoms with Gasteiger partial charge in [-0.3, -0.25) is 0 Å². The van der Waals surface area contributed by atoms with Crippen LogP contribution < -0.4 is 9.47 Å². The fraction of sp³-hybridized carbons (Fsp3) is 0.250. The van der Waals surface area contributed by atoms with Crippen molar-refractivity contribution in [2.45, 2.75) is 13.8 Å². The number of carbonyl (C=O) groups is 2. The fourth-order valence-corrected chi connectivity index (χ4v) is 4.90. The Bertz CT molecular complexity index is 959. The molecule has 0 saturated carbocycles. The summed E-state index contributed by atoms with van der Waals surface area (Å²) < 4.78 is 20.4. The number of methoxy groups -OCH3 is 4. The zero-order chi connectivity index (χ0) is 23.7. The maximum absolute atomic E-state index is 12.4. The van der Waals surface area contributed by atoms with Crippen molar-refractivity contribution in [3.63, 3.8) is 0 Å². The van der Waals surface area contributed by atoms with E-state index in [0.29, 0.717) is 9.81 Å². The molecule has 0 amide bonds. The molecule has 32 heavy (non-hydrogen) atoms. The Kier molecular flexibility index (Phi) is 9.74. The number of hydrogen-bond donors (Lipinski definition) is 0. The van der Waals surface area contributed by atoms with Gasteiger partial charge in [0.05, 0.1) is 28.4 Å². The molecule has 0 spiro atoms. The molecule has 170 valence electrons. The van der Waals surface area contributed by atoms with E-state index in [4.69, 9.17) is 18.9 Å². The number of aryl methyl sites for hydroxylation is 2. The molecular weight excluding hydrogens is 448 g/mol. The SMILES string of the molecule is COC(=O)/C(=C/c1ccc(OC)c(C)c1)SS/C(=C/c1ccc(OC)c(C)c1)C(=O)OC. The molecule has 0 fully saturated rings. The van der Waals surface area contributed by atoms with E-state index in [1.165, 1.54) is 14.2 Å². The van der Waals surface area contributed by atoms with Gasteiger partial charge in [-0.1, -0.05) is 12.1 Å². The first kappa shape index (κ1) is 25.4. The molecular formula is C24H26O6S2. The highest BCUT2D eigenvalue weighted by Crippen LogP contribution is 2.39. The van der Waals surface area contributed by atoms with Crippen molar-refractivity contribution >= 4 is 45.7 Å². The molecule has 0 heterocycles. The summed E-state index contributed by atoms with van der Waals surface area (Å²) >= 11 is 0. The Morgan fingerprint density at radius 1 is 0.688 bits per heavy atom. The summed E-state index contributed by atoms with van der Waals surface area (Å²) in [7, 11) is 8.10. The second-order valence-electron chi connectivity index (χ2n) is 6.63. The Morgan fingerprint density at radius 2 is 1.06 bits per heavy atom. The third-order valence-electron chi connectivity index (χ3n) is 4.43. The van der Waals surface area contributed by atoms with Crippen molar-refractivity contribution in [1.29, 1.82) is 0 Å². The normalized spacial score (nSPS) is 11.7. The number of ether oxygens (including phenoxy) is 4. The van der Waals surface area contributed by atoms with Crippen molar-refractivity contribution in [2.24, 2.45) is 0 Å². The molecule has 2 aromatic carbocycles. The zero-order valence-corrected chi connectivity index (χ0v) is 20.5. The molecule has 0 aromatic heterocycles. The fourth-order valence-electron chi connectivity index (χ4n) is 2.81. The first-order valence-electron chi connectivity index (χ1n) is 9.56. The highest BCUT2D eigenvalue weighted by Gasteiger charge is 2.17. The lowest BCUT2D eigenvalue weighted by Crippen LogP contribution is -2.03. The van der Waals surface area contributed by atoms with E-state index >= 15 is 0 Å². The monoisotopic (exact) mass is 474 g/mol. The standard InChI is InChI=1S/C24H26O6S2/c1-15-11-17(7-9-19(15)27-3)13-21(23(25)29-5)31-32-22(24(26)30-6)14-18-8-10-20(28-4)16(2)12-18/h7-14H,1-6H3/b21-13-,22-14+. The van der Waals surface area contributed by atoms with Crippen molar-refractivity contribution in [3.8, 4) is 11.5 Å². The maximum Gasteiger partial charge on any atom is 0.345 e. The number of benzene rings is 2. The molecule has 2 aromatic rings. The van der Waals surface area contributed by atoms with Crippen LogP contribution in [-0.2, 0) is 19.1 Å². The minimum atomic E-state index is -0.500. The smallest absolute Gasteiger partial charge is 0.345 e. The number of rotatable bonds is 9. The summed E-state index contributed by atoms with van der Waals surface area (Å²) in [6, 6.07) is 11.2. The predicted octanol–water partition coefficient (Wildman–Crippen LogP) is 5.43. The third-order valence-corrected chi connectivity index (χ3v) is 6.77. The Hall–Kier alpha value is -2.84. The molecule has 0 atom stereocenters. The second kappa shape index (κ2) is 12.3. The van der Waals surface area contributed by atoms with Gasteiger partial charge >= 0.3 is 11.9 Å². The summed E-state index contributed by atoms with van der Waals surface area (Å²) in [6.45, 7) is 3.84. The zero-order valence-electron chi connectivity index (χ0n) is 18.9. The molecule has 0 unspecified atom stereocenters. The maximum atomic E-state index is 12.4. The van der Waals surface area contributed by atoms with Crippen LogP contribution in [0.4, 0.5) is 0 Å². The summed E-state index contributed by atoms with van der Waals surface area (Å²) in [4.78, 5) is 25.4. The van der Waals surface area contributed by atoms with E-state index in [-0.39, 0.29) is 0 Å². The van der Waals surface area contributed by atoms with Gasteiger partial charge in [0.25, 0.3) is 0 Å². The molecule has 0 radical (unpaired) electrons. The molecule has 0 aliphatic rings. The molecule has 6 nitrogen and oxygen atoms in total. The molecule has 0 saturated heterocycles. The quantitative estimate of drug-likeness (QED) is 0.271. The number of hydrogen-bond acceptors (Lipinski definition) is 8. The van der Waals surface area contributed by atoms with Crippen LogP contribution in [0.1, 0.15) is 22.3 Å². The third kappa shape index (κ3) is 6.83. The Balaban J connectivity index is 2.33. The van der Waals surface area contributed by atoms with Gasteiger partial charge < -0.3 is 18.9 Å². The summed E-state index contributed by atoms with van der Waals surface area (Å²) in [5.74, 6) is 0.518. The summed E-state index contributed by atoms with van der Waals surface area (Å²) in [5.41, 5.74) is 3.50. The lowest BCUT2D eigenvalue weighted by Gasteiger charge is -2.09. The average Bonchev–Trinajstić information content (AvgIpc) is 2.79. The van der Waals surface area contributed by atoms with E-state index in [1.807, 2.05) is 50.2 Å². The van der Waals surface area contributed by atoms with Crippen LogP contribution in [0.25, 0.3) is 12.2 Å². The van der Waals surface area contributed by atoms with Gasteiger partial charge in [0.2, 0.25) is 0 Å². The highest BCUT2D eigenvalue weighted by molar-refractivity contribution is 8.80. The van der Waals surface area contributed by atoms with Crippen LogP contribution in [0.3, 0.4) is 0 Å². The molecule has 0 bridgehead atoms. The minimum Gasteiger partial charge on any atom is -0.496 e. The van der Waals surface area contributed by atoms with Crippen molar-refractivity contribution in [3.05, 3.63) is 68.5 Å². The van der Waals surface area contributed by atoms with Gasteiger partial charge in [-0.15, -0.1) is 0 Å². The van der Waals surface area contributed by atoms with Crippen LogP contribution >= 0.6 is 21.6 Å². The lowest BCUT2D eigenvalue weighted by atomic mass is 10.1. The van der Waals surface area contributed by atoms with Gasteiger partial charge in [-0.2, -0.15) is 0 Å². The molecule has 2 rings (SSSR count). The highest BCUT2D eigenvalue weighted by atomic mass is 33.1. The number of carbonyl (C=O) groups excluding carboxylic acids is 2. The van der Waals surface area contributed by atoms with Crippen LogP contribution in [0.5, 0.6) is 11.5 Å².